The van der Waals surface area contributed by atoms with Gasteiger partial charge in [0.2, 0.25) is 0 Å². The SMILES string of the molecule is Cc1ccc(CNc2cc(C#N)ccc2N)c(C)c1C. The Bertz CT molecular complexity index is 681. The van der Waals surface area contributed by atoms with Crippen molar-refractivity contribution in [2.24, 2.45) is 0 Å². The van der Waals surface area contributed by atoms with Crippen molar-refractivity contribution in [3.8, 4) is 6.07 Å². The van der Waals surface area contributed by atoms with Gasteiger partial charge in [-0.2, -0.15) is 5.26 Å². The van der Waals surface area contributed by atoms with Crippen LogP contribution < -0.4 is 11.1 Å². The molecule has 0 saturated heterocycles. The van der Waals surface area contributed by atoms with Gasteiger partial charge in [-0.3, -0.25) is 0 Å². The van der Waals surface area contributed by atoms with E-state index in [0.717, 1.165) is 5.69 Å². The molecule has 2 aromatic rings. The average molecular weight is 265 g/mol. The zero-order valence-corrected chi connectivity index (χ0v) is 12.1. The summed E-state index contributed by atoms with van der Waals surface area (Å²) in [6, 6.07) is 11.7. The maximum absolute atomic E-state index is 8.93. The van der Waals surface area contributed by atoms with E-state index in [1.165, 1.54) is 22.3 Å². The van der Waals surface area contributed by atoms with Gasteiger partial charge in [-0.15, -0.1) is 0 Å². The van der Waals surface area contributed by atoms with Gasteiger partial charge in [-0.05, 0) is 61.2 Å². The summed E-state index contributed by atoms with van der Waals surface area (Å²) in [7, 11) is 0. The predicted octanol–water partition coefficient (Wildman–Crippen LogP) is 3.68. The summed E-state index contributed by atoms with van der Waals surface area (Å²) in [5.41, 5.74) is 13.2. The van der Waals surface area contributed by atoms with Crippen LogP contribution in [0.4, 0.5) is 11.4 Å². The van der Waals surface area contributed by atoms with Crippen LogP contribution in [0.25, 0.3) is 0 Å². The highest BCUT2D eigenvalue weighted by Gasteiger charge is 2.05. The van der Waals surface area contributed by atoms with Gasteiger partial charge in [-0.1, -0.05) is 12.1 Å². The van der Waals surface area contributed by atoms with Gasteiger partial charge in [0.25, 0.3) is 0 Å². The lowest BCUT2D eigenvalue weighted by Gasteiger charge is -2.14. The molecule has 0 aliphatic rings. The number of anilines is 2. The molecule has 0 unspecified atom stereocenters. The number of aryl methyl sites for hydroxylation is 1. The van der Waals surface area contributed by atoms with Gasteiger partial charge >= 0.3 is 0 Å². The van der Waals surface area contributed by atoms with Crippen molar-refractivity contribution in [3.63, 3.8) is 0 Å². The van der Waals surface area contributed by atoms with Gasteiger partial charge < -0.3 is 11.1 Å². The Labute approximate surface area is 120 Å². The lowest BCUT2D eigenvalue weighted by Crippen LogP contribution is -2.05. The highest BCUT2D eigenvalue weighted by molar-refractivity contribution is 5.68. The molecule has 0 radical (unpaired) electrons. The van der Waals surface area contributed by atoms with E-state index in [-0.39, 0.29) is 0 Å². The minimum atomic E-state index is 0.610. The fourth-order valence-electron chi connectivity index (χ4n) is 2.17. The summed E-state index contributed by atoms with van der Waals surface area (Å²) in [6.45, 7) is 7.09. The lowest BCUT2D eigenvalue weighted by atomic mass is 9.99. The standard InChI is InChI=1S/C17H19N3/c1-11-4-6-15(13(3)12(11)2)10-20-17-8-14(9-18)5-7-16(17)19/h4-8,20H,10,19H2,1-3H3. The third-order valence-corrected chi connectivity index (χ3v) is 3.82. The molecule has 2 aromatic carbocycles. The monoisotopic (exact) mass is 265 g/mol. The lowest BCUT2D eigenvalue weighted by molar-refractivity contribution is 1.09. The van der Waals surface area contributed by atoms with Crippen LogP contribution in [-0.2, 0) is 6.54 Å². The van der Waals surface area contributed by atoms with Crippen molar-refractivity contribution in [3.05, 3.63) is 58.1 Å². The number of rotatable bonds is 3. The summed E-state index contributed by atoms with van der Waals surface area (Å²) >= 11 is 0. The van der Waals surface area contributed by atoms with Crippen LogP contribution in [0.2, 0.25) is 0 Å². The number of nitrogens with zero attached hydrogens (tertiary/aromatic N) is 1. The number of hydrogen-bond acceptors (Lipinski definition) is 3. The molecular weight excluding hydrogens is 246 g/mol. The topological polar surface area (TPSA) is 61.8 Å². The molecule has 0 aromatic heterocycles. The molecule has 0 bridgehead atoms. The van der Waals surface area contributed by atoms with Crippen molar-refractivity contribution in [2.45, 2.75) is 27.3 Å². The van der Waals surface area contributed by atoms with E-state index in [4.69, 9.17) is 11.0 Å². The van der Waals surface area contributed by atoms with Crippen molar-refractivity contribution in [1.82, 2.24) is 0 Å². The number of nitriles is 1. The molecule has 20 heavy (non-hydrogen) atoms. The minimum Gasteiger partial charge on any atom is -0.397 e. The normalized spacial score (nSPS) is 10.1. The number of benzene rings is 2. The third-order valence-electron chi connectivity index (χ3n) is 3.82. The predicted molar refractivity (Wildman–Crippen MR) is 83.5 cm³/mol. The molecular formula is C17H19N3. The fourth-order valence-corrected chi connectivity index (χ4v) is 2.17. The first-order chi connectivity index (χ1) is 9.52. The number of nitrogen functional groups attached to an aromatic ring is 1. The Hall–Kier alpha value is -2.47. The van der Waals surface area contributed by atoms with E-state index in [2.05, 4.69) is 44.3 Å². The molecule has 0 saturated carbocycles. The molecule has 3 N–H and O–H groups in total. The Morgan fingerprint density at radius 2 is 1.85 bits per heavy atom. The quantitative estimate of drug-likeness (QED) is 0.832. The van der Waals surface area contributed by atoms with E-state index in [0.29, 0.717) is 17.8 Å². The largest absolute Gasteiger partial charge is 0.397 e. The van der Waals surface area contributed by atoms with E-state index in [1.54, 1.807) is 18.2 Å². The van der Waals surface area contributed by atoms with Crippen molar-refractivity contribution >= 4 is 11.4 Å². The van der Waals surface area contributed by atoms with E-state index < -0.39 is 0 Å². The number of hydrogen-bond donors (Lipinski definition) is 2. The second-order valence-electron chi connectivity index (χ2n) is 5.06. The van der Waals surface area contributed by atoms with Crippen molar-refractivity contribution < 1.29 is 0 Å². The summed E-state index contributed by atoms with van der Waals surface area (Å²) < 4.78 is 0. The Morgan fingerprint density at radius 1 is 1.10 bits per heavy atom. The maximum atomic E-state index is 8.93. The molecule has 0 spiro atoms. The fraction of sp³-hybridized carbons (Fsp3) is 0.235. The zero-order chi connectivity index (χ0) is 14.7. The number of nitrogens with two attached hydrogens (primary N) is 1. The molecule has 0 amide bonds. The van der Waals surface area contributed by atoms with Crippen LogP contribution in [0.1, 0.15) is 27.8 Å². The van der Waals surface area contributed by atoms with Gasteiger partial charge in [0.1, 0.15) is 0 Å². The van der Waals surface area contributed by atoms with Gasteiger partial charge in [-0.25, -0.2) is 0 Å². The molecule has 0 aliphatic heterocycles. The van der Waals surface area contributed by atoms with E-state index in [1.807, 2.05) is 0 Å². The second kappa shape index (κ2) is 5.66. The first kappa shape index (κ1) is 14.0. The van der Waals surface area contributed by atoms with Crippen LogP contribution in [0, 0.1) is 32.1 Å². The van der Waals surface area contributed by atoms with Crippen molar-refractivity contribution in [2.75, 3.05) is 11.1 Å². The first-order valence-corrected chi connectivity index (χ1v) is 6.62. The molecule has 0 heterocycles. The summed E-state index contributed by atoms with van der Waals surface area (Å²) in [4.78, 5) is 0. The Morgan fingerprint density at radius 3 is 2.55 bits per heavy atom. The van der Waals surface area contributed by atoms with Gasteiger partial charge in [0.05, 0.1) is 23.0 Å². The summed E-state index contributed by atoms with van der Waals surface area (Å²) in [6.07, 6.45) is 0. The van der Waals surface area contributed by atoms with Crippen LogP contribution in [0.15, 0.2) is 30.3 Å². The Balaban J connectivity index is 2.21. The number of nitrogens with one attached hydrogen (secondary N) is 1. The highest BCUT2D eigenvalue weighted by atomic mass is 14.9. The zero-order valence-electron chi connectivity index (χ0n) is 12.1. The van der Waals surface area contributed by atoms with Crippen LogP contribution in [0.5, 0.6) is 0 Å². The van der Waals surface area contributed by atoms with E-state index >= 15 is 0 Å². The minimum absolute atomic E-state index is 0.610. The first-order valence-electron chi connectivity index (χ1n) is 6.62. The molecule has 3 nitrogen and oxygen atoms in total. The van der Waals surface area contributed by atoms with Gasteiger partial charge in [0.15, 0.2) is 0 Å². The average Bonchev–Trinajstić information content (AvgIpc) is 2.45. The van der Waals surface area contributed by atoms with Crippen LogP contribution in [-0.4, -0.2) is 0 Å². The van der Waals surface area contributed by atoms with Crippen LogP contribution in [0.3, 0.4) is 0 Å². The molecule has 102 valence electrons. The van der Waals surface area contributed by atoms with Gasteiger partial charge in [0, 0.05) is 6.54 Å². The van der Waals surface area contributed by atoms with Crippen molar-refractivity contribution in [1.29, 1.82) is 5.26 Å². The summed E-state index contributed by atoms with van der Waals surface area (Å²) in [5, 5.41) is 12.2. The summed E-state index contributed by atoms with van der Waals surface area (Å²) in [5.74, 6) is 0. The smallest absolute Gasteiger partial charge is 0.0992 e. The molecule has 3 heteroatoms. The Kier molecular flexibility index (Phi) is 3.95. The molecule has 2 rings (SSSR count). The third kappa shape index (κ3) is 2.75. The molecule has 0 atom stereocenters. The second-order valence-corrected chi connectivity index (χ2v) is 5.06. The molecule has 0 aliphatic carbocycles. The maximum Gasteiger partial charge on any atom is 0.0992 e. The van der Waals surface area contributed by atoms with E-state index in [9.17, 15) is 0 Å². The highest BCUT2D eigenvalue weighted by Crippen LogP contribution is 2.22. The molecule has 0 fully saturated rings. The van der Waals surface area contributed by atoms with Crippen LogP contribution >= 0.6 is 0 Å².